The number of aromatic nitrogens is 1. The van der Waals surface area contributed by atoms with Crippen LogP contribution in [0.25, 0.3) is 0 Å². The largest absolute Gasteiger partial charge is 0.487 e. The van der Waals surface area contributed by atoms with Gasteiger partial charge in [-0.1, -0.05) is 29.8 Å². The summed E-state index contributed by atoms with van der Waals surface area (Å²) in [6, 6.07) is 17.0. The molecule has 0 aliphatic heterocycles. The lowest BCUT2D eigenvalue weighted by molar-refractivity contribution is -0.137. The summed E-state index contributed by atoms with van der Waals surface area (Å²) in [5, 5.41) is -0.0937. The Morgan fingerprint density at radius 3 is 2.12 bits per heavy atom. The van der Waals surface area contributed by atoms with Crippen molar-refractivity contribution < 1.29 is 22.6 Å². The first-order chi connectivity index (χ1) is 12.4. The topological polar surface area (TPSA) is 31.4 Å². The molecule has 3 aromatic rings. The molecule has 0 spiro atoms. The first-order valence-electron chi connectivity index (χ1n) is 7.59. The third-order valence-electron chi connectivity index (χ3n) is 3.42. The smallest absolute Gasteiger partial charge is 0.417 e. The molecule has 0 aliphatic carbocycles. The van der Waals surface area contributed by atoms with Crippen LogP contribution in [0, 0.1) is 0 Å². The SMILES string of the molecule is FC(F)(F)c1cnc(COc2ccc(Oc3ccccc3)cc2)c(Cl)c1. The van der Waals surface area contributed by atoms with Gasteiger partial charge < -0.3 is 9.47 Å². The third-order valence-corrected chi connectivity index (χ3v) is 3.75. The fourth-order valence-corrected chi connectivity index (χ4v) is 2.33. The summed E-state index contributed by atoms with van der Waals surface area (Å²) >= 11 is 5.85. The van der Waals surface area contributed by atoms with Crippen LogP contribution in [0.1, 0.15) is 11.3 Å². The van der Waals surface area contributed by atoms with Crippen molar-refractivity contribution in [2.75, 3.05) is 0 Å². The molecule has 3 nitrogen and oxygen atoms in total. The van der Waals surface area contributed by atoms with Gasteiger partial charge in [-0.05, 0) is 42.5 Å². The lowest BCUT2D eigenvalue weighted by atomic mass is 10.2. The molecule has 3 rings (SSSR count). The van der Waals surface area contributed by atoms with E-state index in [1.54, 1.807) is 24.3 Å². The van der Waals surface area contributed by atoms with E-state index in [1.807, 2.05) is 30.3 Å². The molecule has 2 aromatic carbocycles. The zero-order valence-electron chi connectivity index (χ0n) is 13.3. The molecule has 0 radical (unpaired) electrons. The van der Waals surface area contributed by atoms with Crippen molar-refractivity contribution in [2.45, 2.75) is 12.8 Å². The Labute approximate surface area is 153 Å². The first-order valence-corrected chi connectivity index (χ1v) is 7.97. The normalized spacial score (nSPS) is 11.2. The van der Waals surface area contributed by atoms with Crippen LogP contribution >= 0.6 is 11.6 Å². The maximum atomic E-state index is 12.6. The molecule has 1 heterocycles. The number of hydrogen-bond donors (Lipinski definition) is 0. The van der Waals surface area contributed by atoms with E-state index in [4.69, 9.17) is 21.1 Å². The predicted molar refractivity (Wildman–Crippen MR) is 91.5 cm³/mol. The molecule has 0 aliphatic rings. The highest BCUT2D eigenvalue weighted by Crippen LogP contribution is 2.31. The van der Waals surface area contributed by atoms with Crippen molar-refractivity contribution in [1.29, 1.82) is 0 Å². The molecule has 0 atom stereocenters. The molecule has 26 heavy (non-hydrogen) atoms. The standard InChI is InChI=1S/C19H13ClF3NO2/c20-17-10-13(19(21,22)23)11-24-18(17)12-25-14-6-8-16(9-7-14)26-15-4-2-1-3-5-15/h1-11H,12H2. The minimum atomic E-state index is -4.48. The molecule has 1 aromatic heterocycles. The zero-order chi connectivity index (χ0) is 18.6. The minimum Gasteiger partial charge on any atom is -0.487 e. The fraction of sp³-hybridized carbons (Fsp3) is 0.105. The van der Waals surface area contributed by atoms with E-state index in [9.17, 15) is 13.2 Å². The van der Waals surface area contributed by atoms with E-state index in [0.717, 1.165) is 12.3 Å². The van der Waals surface area contributed by atoms with E-state index in [-0.39, 0.29) is 17.3 Å². The highest BCUT2D eigenvalue weighted by molar-refractivity contribution is 6.31. The Bertz CT molecular complexity index is 868. The highest BCUT2D eigenvalue weighted by atomic mass is 35.5. The van der Waals surface area contributed by atoms with Crippen LogP contribution in [0.5, 0.6) is 17.2 Å². The molecule has 0 N–H and O–H groups in total. The Kier molecular flexibility index (Phi) is 5.32. The number of rotatable bonds is 5. The molecule has 0 unspecified atom stereocenters. The average molecular weight is 380 g/mol. The molecule has 7 heteroatoms. The van der Waals surface area contributed by atoms with Gasteiger partial charge in [-0.2, -0.15) is 13.2 Å². The summed E-state index contributed by atoms with van der Waals surface area (Å²) in [7, 11) is 0. The van der Waals surface area contributed by atoms with Crippen LogP contribution in [-0.4, -0.2) is 4.98 Å². The third kappa shape index (κ3) is 4.67. The van der Waals surface area contributed by atoms with Crippen LogP contribution < -0.4 is 9.47 Å². The van der Waals surface area contributed by atoms with E-state index in [1.165, 1.54) is 0 Å². The second-order valence-corrected chi connectivity index (χ2v) is 5.73. The lowest BCUT2D eigenvalue weighted by Crippen LogP contribution is -2.07. The van der Waals surface area contributed by atoms with Crippen LogP contribution in [-0.2, 0) is 12.8 Å². The van der Waals surface area contributed by atoms with Crippen molar-refractivity contribution in [1.82, 2.24) is 4.98 Å². The van der Waals surface area contributed by atoms with Crippen LogP contribution in [0.2, 0.25) is 5.02 Å². The molecule has 0 amide bonds. The average Bonchev–Trinajstić information content (AvgIpc) is 2.62. The van der Waals surface area contributed by atoms with Gasteiger partial charge in [0.2, 0.25) is 0 Å². The number of pyridine rings is 1. The maximum Gasteiger partial charge on any atom is 0.417 e. The number of halogens is 4. The Morgan fingerprint density at radius 1 is 0.885 bits per heavy atom. The summed E-state index contributed by atoms with van der Waals surface area (Å²) in [4.78, 5) is 3.73. The fourth-order valence-electron chi connectivity index (χ4n) is 2.11. The van der Waals surface area contributed by atoms with Gasteiger partial charge in [0.05, 0.1) is 16.3 Å². The van der Waals surface area contributed by atoms with Crippen molar-refractivity contribution in [2.24, 2.45) is 0 Å². The first kappa shape index (κ1) is 18.1. The molecule has 134 valence electrons. The molecule has 0 fully saturated rings. The van der Waals surface area contributed by atoms with Crippen LogP contribution in [0.4, 0.5) is 13.2 Å². The van der Waals surface area contributed by atoms with Gasteiger partial charge in [0.25, 0.3) is 0 Å². The lowest BCUT2D eigenvalue weighted by Gasteiger charge is -2.11. The quantitative estimate of drug-likeness (QED) is 0.534. The molecular weight excluding hydrogens is 367 g/mol. The number of nitrogens with zero attached hydrogens (tertiary/aromatic N) is 1. The number of ether oxygens (including phenoxy) is 2. The van der Waals surface area contributed by atoms with Crippen LogP contribution in [0.15, 0.2) is 66.9 Å². The summed E-state index contributed by atoms with van der Waals surface area (Å²) in [5.41, 5.74) is -0.669. The monoisotopic (exact) mass is 379 g/mol. The van der Waals surface area contributed by atoms with E-state index in [0.29, 0.717) is 17.2 Å². The highest BCUT2D eigenvalue weighted by Gasteiger charge is 2.31. The number of benzene rings is 2. The summed E-state index contributed by atoms with van der Waals surface area (Å²) in [6.07, 6.45) is -3.74. The predicted octanol–water partition coefficient (Wildman–Crippen LogP) is 6.13. The summed E-state index contributed by atoms with van der Waals surface area (Å²) < 4.78 is 49.0. The molecule has 0 saturated carbocycles. The van der Waals surface area contributed by atoms with Gasteiger partial charge in [0.15, 0.2) is 0 Å². The van der Waals surface area contributed by atoms with E-state index < -0.39 is 11.7 Å². The number of alkyl halides is 3. The van der Waals surface area contributed by atoms with Crippen molar-refractivity contribution in [3.05, 3.63) is 83.1 Å². The van der Waals surface area contributed by atoms with Gasteiger partial charge in [-0.15, -0.1) is 0 Å². The Hall–Kier alpha value is -2.73. The summed E-state index contributed by atoms with van der Waals surface area (Å²) in [5.74, 6) is 1.86. The second kappa shape index (κ2) is 7.66. The van der Waals surface area contributed by atoms with E-state index in [2.05, 4.69) is 4.98 Å². The minimum absolute atomic E-state index is 0.0458. The second-order valence-electron chi connectivity index (χ2n) is 5.33. The van der Waals surface area contributed by atoms with Gasteiger partial charge >= 0.3 is 6.18 Å². The molecule has 0 saturated heterocycles. The number of para-hydroxylation sites is 1. The number of hydrogen-bond acceptors (Lipinski definition) is 3. The zero-order valence-corrected chi connectivity index (χ0v) is 14.1. The maximum absolute atomic E-state index is 12.6. The van der Waals surface area contributed by atoms with Crippen molar-refractivity contribution >= 4 is 11.6 Å². The Morgan fingerprint density at radius 2 is 1.50 bits per heavy atom. The van der Waals surface area contributed by atoms with Crippen LogP contribution in [0.3, 0.4) is 0 Å². The van der Waals surface area contributed by atoms with E-state index >= 15 is 0 Å². The molecular formula is C19H13ClF3NO2. The van der Waals surface area contributed by atoms with Gasteiger partial charge in [0, 0.05) is 6.20 Å². The Balaban J connectivity index is 1.61. The van der Waals surface area contributed by atoms with Crippen molar-refractivity contribution in [3.63, 3.8) is 0 Å². The van der Waals surface area contributed by atoms with Gasteiger partial charge in [-0.3, -0.25) is 4.98 Å². The van der Waals surface area contributed by atoms with Crippen molar-refractivity contribution in [3.8, 4) is 17.2 Å². The molecule has 0 bridgehead atoms. The van der Waals surface area contributed by atoms with Gasteiger partial charge in [-0.25, -0.2) is 0 Å². The van der Waals surface area contributed by atoms with Gasteiger partial charge in [0.1, 0.15) is 23.9 Å². The summed E-state index contributed by atoms with van der Waals surface area (Å²) in [6.45, 7) is -0.0458.